The van der Waals surface area contributed by atoms with Crippen molar-refractivity contribution in [2.45, 2.75) is 13.3 Å². The molecule has 0 atom stereocenters. The summed E-state index contributed by atoms with van der Waals surface area (Å²) in [7, 11) is 0. The van der Waals surface area contributed by atoms with Crippen LogP contribution in [0.15, 0.2) is 18.2 Å². The predicted molar refractivity (Wildman–Crippen MR) is 67.9 cm³/mol. The van der Waals surface area contributed by atoms with E-state index in [4.69, 9.17) is 18.0 Å². The van der Waals surface area contributed by atoms with Gasteiger partial charge in [-0.15, -0.1) is 6.42 Å². The van der Waals surface area contributed by atoms with E-state index in [9.17, 15) is 9.50 Å². The summed E-state index contributed by atoms with van der Waals surface area (Å²) in [6, 6.07) is 4.60. The molecule has 0 aliphatic rings. The smallest absolute Gasteiger partial charge is 0.158 e. The quantitative estimate of drug-likeness (QED) is 0.760. The van der Waals surface area contributed by atoms with Crippen LogP contribution in [0.3, 0.4) is 0 Å². The summed E-state index contributed by atoms with van der Waals surface area (Å²) < 4.78 is 13.8. The maximum atomic E-state index is 13.8. The maximum Gasteiger partial charge on any atom is 0.158 e. The predicted octanol–water partition coefficient (Wildman–Crippen LogP) is 3.88. The molecule has 2 aromatic rings. The Balaban J connectivity index is 3.02. The lowest BCUT2D eigenvalue weighted by Gasteiger charge is -2.10. The lowest BCUT2D eigenvalue weighted by atomic mass is 9.97. The Bertz CT molecular complexity index is 641. The number of fused-ring (bicyclic) bond motifs is 1. The largest absolute Gasteiger partial charge is 0.508 e. The molecule has 0 aromatic heterocycles. The van der Waals surface area contributed by atoms with Crippen molar-refractivity contribution in [2.24, 2.45) is 0 Å². The van der Waals surface area contributed by atoms with Crippen molar-refractivity contribution in [3.8, 4) is 18.1 Å². The van der Waals surface area contributed by atoms with Crippen LogP contribution in [0.4, 0.5) is 4.39 Å². The molecule has 0 saturated heterocycles. The zero-order chi connectivity index (χ0) is 12.6. The highest BCUT2D eigenvalue weighted by Crippen LogP contribution is 2.33. The van der Waals surface area contributed by atoms with Gasteiger partial charge in [-0.3, -0.25) is 0 Å². The Morgan fingerprint density at radius 2 is 2.12 bits per heavy atom. The number of aromatic hydroxyl groups is 1. The normalized spacial score (nSPS) is 10.5. The van der Waals surface area contributed by atoms with Crippen LogP contribution in [-0.2, 0) is 6.42 Å². The topological polar surface area (TPSA) is 20.2 Å². The van der Waals surface area contributed by atoms with E-state index in [0.717, 1.165) is 5.56 Å². The Morgan fingerprint density at radius 3 is 2.71 bits per heavy atom. The van der Waals surface area contributed by atoms with Crippen LogP contribution >= 0.6 is 11.6 Å². The molecule has 0 spiro atoms. The molecule has 86 valence electrons. The standard InChI is InChI=1S/C14H10ClFO/c1-3-8-5-10(17)6-9-7-12(15)14(16)11(4-2)13(8)9/h2,5-7,17H,3H2,1H3. The van der Waals surface area contributed by atoms with Crippen molar-refractivity contribution >= 4 is 22.4 Å². The zero-order valence-corrected chi connectivity index (χ0v) is 9.98. The van der Waals surface area contributed by atoms with Crippen molar-refractivity contribution in [1.82, 2.24) is 0 Å². The summed E-state index contributed by atoms with van der Waals surface area (Å²) in [5, 5.41) is 10.8. The Morgan fingerprint density at radius 1 is 1.41 bits per heavy atom. The summed E-state index contributed by atoms with van der Waals surface area (Å²) >= 11 is 5.77. The third-order valence-corrected chi connectivity index (χ3v) is 3.00. The van der Waals surface area contributed by atoms with Gasteiger partial charge in [0.05, 0.1) is 10.6 Å². The van der Waals surface area contributed by atoms with Crippen molar-refractivity contribution in [3.05, 3.63) is 40.2 Å². The van der Waals surface area contributed by atoms with Gasteiger partial charge in [0.25, 0.3) is 0 Å². The molecule has 0 radical (unpaired) electrons. The van der Waals surface area contributed by atoms with Gasteiger partial charge < -0.3 is 5.11 Å². The number of aryl methyl sites for hydroxylation is 1. The molecular formula is C14H10ClFO. The first-order chi connectivity index (χ1) is 8.08. The molecule has 1 N–H and O–H groups in total. The number of rotatable bonds is 1. The molecule has 0 fully saturated rings. The van der Waals surface area contributed by atoms with E-state index in [1.807, 2.05) is 6.92 Å². The third-order valence-electron chi connectivity index (χ3n) is 2.72. The number of halogens is 2. The minimum Gasteiger partial charge on any atom is -0.508 e. The second kappa shape index (κ2) is 4.27. The summed E-state index contributed by atoms with van der Waals surface area (Å²) in [6.45, 7) is 1.92. The van der Waals surface area contributed by atoms with Crippen molar-refractivity contribution < 1.29 is 9.50 Å². The minimum atomic E-state index is -0.581. The Hall–Kier alpha value is -1.72. The van der Waals surface area contributed by atoms with E-state index >= 15 is 0 Å². The third kappa shape index (κ3) is 1.83. The van der Waals surface area contributed by atoms with Gasteiger partial charge in [0, 0.05) is 5.39 Å². The fourth-order valence-corrected chi connectivity index (χ4v) is 2.18. The lowest BCUT2D eigenvalue weighted by Crippen LogP contribution is -1.93. The maximum absolute atomic E-state index is 13.8. The average Bonchev–Trinajstić information content (AvgIpc) is 2.30. The van der Waals surface area contributed by atoms with Crippen LogP contribution in [0.2, 0.25) is 5.02 Å². The fourth-order valence-electron chi connectivity index (χ4n) is 1.97. The van der Waals surface area contributed by atoms with Crippen LogP contribution in [0.5, 0.6) is 5.75 Å². The summed E-state index contributed by atoms with van der Waals surface area (Å²) in [4.78, 5) is 0. The van der Waals surface area contributed by atoms with Crippen LogP contribution in [0.1, 0.15) is 18.1 Å². The molecule has 0 saturated carbocycles. The monoisotopic (exact) mass is 248 g/mol. The molecule has 2 aromatic carbocycles. The minimum absolute atomic E-state index is 0.0295. The van der Waals surface area contributed by atoms with Gasteiger partial charge in [0.1, 0.15) is 5.75 Å². The van der Waals surface area contributed by atoms with E-state index in [2.05, 4.69) is 5.92 Å². The summed E-state index contributed by atoms with van der Waals surface area (Å²) in [5.41, 5.74) is 0.966. The molecule has 0 unspecified atom stereocenters. The number of hydrogen-bond acceptors (Lipinski definition) is 1. The van der Waals surface area contributed by atoms with Crippen molar-refractivity contribution in [1.29, 1.82) is 0 Å². The van der Waals surface area contributed by atoms with Gasteiger partial charge in [-0.2, -0.15) is 0 Å². The molecule has 0 heterocycles. The van der Waals surface area contributed by atoms with Gasteiger partial charge in [-0.1, -0.05) is 24.4 Å². The molecule has 0 bridgehead atoms. The summed E-state index contributed by atoms with van der Waals surface area (Å²) in [5.74, 6) is 1.88. The van der Waals surface area contributed by atoms with E-state index < -0.39 is 5.82 Å². The molecule has 0 amide bonds. The van der Waals surface area contributed by atoms with Crippen LogP contribution in [-0.4, -0.2) is 5.11 Å². The second-order valence-electron chi connectivity index (χ2n) is 3.75. The molecule has 2 rings (SSSR count). The number of terminal acetylenes is 1. The molecule has 0 aliphatic carbocycles. The highest BCUT2D eigenvalue weighted by molar-refractivity contribution is 6.31. The van der Waals surface area contributed by atoms with Crippen LogP contribution in [0, 0.1) is 18.2 Å². The van der Waals surface area contributed by atoms with E-state index in [0.29, 0.717) is 17.2 Å². The first-order valence-corrected chi connectivity index (χ1v) is 5.56. The molecule has 1 nitrogen and oxygen atoms in total. The molecule has 17 heavy (non-hydrogen) atoms. The zero-order valence-electron chi connectivity index (χ0n) is 9.22. The van der Waals surface area contributed by atoms with Crippen molar-refractivity contribution in [3.63, 3.8) is 0 Å². The highest BCUT2D eigenvalue weighted by atomic mass is 35.5. The Labute approximate surface area is 104 Å². The average molecular weight is 249 g/mol. The molecular weight excluding hydrogens is 239 g/mol. The first-order valence-electron chi connectivity index (χ1n) is 5.18. The number of phenolic OH excluding ortho intramolecular Hbond substituents is 1. The van der Waals surface area contributed by atoms with Crippen LogP contribution in [0.25, 0.3) is 10.8 Å². The van der Waals surface area contributed by atoms with Gasteiger partial charge in [-0.25, -0.2) is 4.39 Å². The van der Waals surface area contributed by atoms with Crippen LogP contribution < -0.4 is 0 Å². The number of phenols is 1. The second-order valence-corrected chi connectivity index (χ2v) is 4.16. The first kappa shape index (κ1) is 11.8. The van der Waals surface area contributed by atoms with Gasteiger partial charge in [0.15, 0.2) is 5.82 Å². The van der Waals surface area contributed by atoms with E-state index in [-0.39, 0.29) is 16.3 Å². The molecule has 3 heteroatoms. The fraction of sp³-hybridized carbons (Fsp3) is 0.143. The van der Waals surface area contributed by atoms with Gasteiger partial charge in [-0.05, 0) is 35.6 Å². The molecule has 0 aliphatic heterocycles. The van der Waals surface area contributed by atoms with Gasteiger partial charge in [0.2, 0.25) is 0 Å². The highest BCUT2D eigenvalue weighted by Gasteiger charge is 2.14. The number of hydrogen-bond donors (Lipinski definition) is 1. The van der Waals surface area contributed by atoms with E-state index in [1.165, 1.54) is 12.1 Å². The van der Waals surface area contributed by atoms with Crippen molar-refractivity contribution in [2.75, 3.05) is 0 Å². The SMILES string of the molecule is C#Cc1c(F)c(Cl)cc2cc(O)cc(CC)c12. The number of benzene rings is 2. The van der Waals surface area contributed by atoms with Gasteiger partial charge >= 0.3 is 0 Å². The Kier molecular flexibility index (Phi) is 2.95. The lowest BCUT2D eigenvalue weighted by molar-refractivity contribution is 0.475. The summed E-state index contributed by atoms with van der Waals surface area (Å²) in [6.07, 6.45) is 5.99. The van der Waals surface area contributed by atoms with E-state index in [1.54, 1.807) is 6.07 Å².